The summed E-state index contributed by atoms with van der Waals surface area (Å²) in [6, 6.07) is 21.0. The molecular weight excluding hydrogens is 596 g/mol. The number of carbonyl (C=O) groups is 3. The van der Waals surface area contributed by atoms with Crippen LogP contribution in [-0.2, 0) is 27.9 Å². The second-order valence-electron chi connectivity index (χ2n) is 10.2. The van der Waals surface area contributed by atoms with E-state index in [4.69, 9.17) is 21.5 Å². The lowest BCUT2D eigenvalue weighted by molar-refractivity contribution is -0.746. The number of nitrogens with one attached hydrogen (secondary N) is 1. The quantitative estimate of drug-likeness (QED) is 0.0924. The van der Waals surface area contributed by atoms with Crippen molar-refractivity contribution >= 4 is 58.3 Å². The van der Waals surface area contributed by atoms with E-state index in [1.54, 1.807) is 85.6 Å². The third kappa shape index (κ3) is 6.88. The van der Waals surface area contributed by atoms with Crippen molar-refractivity contribution in [2.24, 2.45) is 12.0 Å². The average molecular weight is 627 g/mol. The summed E-state index contributed by atoms with van der Waals surface area (Å²) in [6.07, 6.45) is -0.245. The number of esters is 1. The molecule has 1 aliphatic rings. The van der Waals surface area contributed by atoms with Crippen LogP contribution in [0.5, 0.6) is 0 Å². The van der Waals surface area contributed by atoms with Crippen molar-refractivity contribution in [2.75, 3.05) is 16.8 Å². The van der Waals surface area contributed by atoms with Crippen LogP contribution in [0.4, 0.5) is 17.3 Å². The zero-order valence-electron chi connectivity index (χ0n) is 24.8. The summed E-state index contributed by atoms with van der Waals surface area (Å²) >= 11 is 5.80. The van der Waals surface area contributed by atoms with Crippen molar-refractivity contribution in [1.82, 2.24) is 10.2 Å². The summed E-state index contributed by atoms with van der Waals surface area (Å²) in [5.41, 5.74) is 3.08. The van der Waals surface area contributed by atoms with Crippen molar-refractivity contribution in [3.63, 3.8) is 0 Å². The summed E-state index contributed by atoms with van der Waals surface area (Å²) in [6.45, 7) is 3.87. The van der Waals surface area contributed by atoms with Gasteiger partial charge in [-0.1, -0.05) is 48.0 Å². The van der Waals surface area contributed by atoms with Gasteiger partial charge in [0, 0.05) is 5.69 Å². The first-order valence-corrected chi connectivity index (χ1v) is 14.5. The number of ether oxygens (including phenoxy) is 1. The van der Waals surface area contributed by atoms with Gasteiger partial charge in [0.15, 0.2) is 12.2 Å². The number of aromatic nitrogens is 2. The van der Waals surface area contributed by atoms with Gasteiger partial charge in [0.05, 0.1) is 24.3 Å². The number of rotatable bonds is 10. The number of thiocarbonyl (C=S) groups is 1. The van der Waals surface area contributed by atoms with Gasteiger partial charge in [0.1, 0.15) is 12.6 Å². The zero-order valence-corrected chi connectivity index (χ0v) is 25.6. The Hall–Kier alpha value is -5.43. The second kappa shape index (κ2) is 13.5. The van der Waals surface area contributed by atoms with Crippen LogP contribution < -0.4 is 20.0 Å². The maximum Gasteiger partial charge on any atom is 0.338 e. The van der Waals surface area contributed by atoms with Crippen molar-refractivity contribution < 1.29 is 33.4 Å². The Labute approximate surface area is 264 Å². The van der Waals surface area contributed by atoms with Crippen LogP contribution in [0.25, 0.3) is 0 Å². The monoisotopic (exact) mass is 626 g/mol. The SMILES string of the molecule is CCOC(=O)c1ccc(NC(=O)CC2C(=O)N(c3ccc(C)cc3)C(=S)N2Cc2c(/N=C(\[O-])c3ccccc3)on[n+]2C)cc1. The highest BCUT2D eigenvalue weighted by Gasteiger charge is 2.46. The lowest BCUT2D eigenvalue weighted by Crippen LogP contribution is -2.42. The largest absolute Gasteiger partial charge is 0.858 e. The highest BCUT2D eigenvalue weighted by molar-refractivity contribution is 7.80. The van der Waals surface area contributed by atoms with Crippen molar-refractivity contribution in [3.05, 3.63) is 101 Å². The molecule has 1 saturated heterocycles. The molecule has 230 valence electrons. The summed E-state index contributed by atoms with van der Waals surface area (Å²) in [7, 11) is 1.62. The molecule has 1 atom stereocenters. The molecule has 45 heavy (non-hydrogen) atoms. The van der Waals surface area contributed by atoms with Crippen molar-refractivity contribution in [1.29, 1.82) is 0 Å². The van der Waals surface area contributed by atoms with Crippen LogP contribution in [-0.4, -0.2) is 51.6 Å². The minimum atomic E-state index is -0.995. The number of nitrogens with zero attached hydrogens (tertiary/aromatic N) is 5. The molecular formula is C32H30N6O6S. The fraction of sp³-hybridized carbons (Fsp3) is 0.219. The third-order valence-electron chi connectivity index (χ3n) is 7.10. The molecule has 1 aliphatic heterocycles. The highest BCUT2D eigenvalue weighted by Crippen LogP contribution is 2.30. The van der Waals surface area contributed by atoms with Crippen molar-refractivity contribution in [3.8, 4) is 0 Å². The standard InChI is InChI=1S/C32H30N6O6S/c1-4-43-31(42)22-12-14-23(15-13-22)33-27(39)18-25-30(41)38(24-16-10-20(2)11-17-24)32(45)37(25)19-26-29(44-35-36(26)3)34-28(40)21-8-6-5-7-9-21/h5-17,25H,4,18-19H2,1-3H3,(H-,33,34,35,39,40,42). The molecule has 0 saturated carbocycles. The van der Waals surface area contributed by atoms with Crippen LogP contribution >= 0.6 is 12.2 Å². The van der Waals surface area contributed by atoms with Gasteiger partial charge in [-0.25, -0.2) is 9.79 Å². The van der Waals surface area contributed by atoms with Crippen LogP contribution in [0.2, 0.25) is 0 Å². The first kappa shape index (κ1) is 31.0. The number of hydrogen-bond donors (Lipinski definition) is 1. The number of carbonyl (C=O) groups excluding carboxylic acids is 3. The predicted octanol–water partition coefficient (Wildman–Crippen LogP) is 2.95. The number of aliphatic imine (C=N–C) groups is 1. The van der Waals surface area contributed by atoms with E-state index in [0.29, 0.717) is 28.2 Å². The molecule has 3 aromatic carbocycles. The zero-order chi connectivity index (χ0) is 32.1. The first-order chi connectivity index (χ1) is 21.7. The first-order valence-electron chi connectivity index (χ1n) is 14.1. The lowest BCUT2D eigenvalue weighted by atomic mass is 10.1. The molecule has 0 radical (unpaired) electrons. The van der Waals surface area contributed by atoms with E-state index in [-0.39, 0.29) is 30.6 Å². The molecule has 0 spiro atoms. The summed E-state index contributed by atoms with van der Waals surface area (Å²) in [5.74, 6) is -1.88. The van der Waals surface area contributed by atoms with E-state index in [1.165, 1.54) is 9.58 Å². The van der Waals surface area contributed by atoms with Gasteiger partial charge < -0.3 is 20.1 Å². The number of aryl methyl sites for hydroxylation is 2. The Kier molecular flexibility index (Phi) is 9.28. The van der Waals surface area contributed by atoms with E-state index in [0.717, 1.165) is 5.56 Å². The molecule has 2 heterocycles. The number of anilines is 2. The normalized spacial score (nSPS) is 15.0. The van der Waals surface area contributed by atoms with E-state index < -0.39 is 29.7 Å². The van der Waals surface area contributed by atoms with Crippen molar-refractivity contribution in [2.45, 2.75) is 32.9 Å². The smallest absolute Gasteiger partial charge is 0.338 e. The van der Waals surface area contributed by atoms with E-state index in [1.807, 2.05) is 19.1 Å². The highest BCUT2D eigenvalue weighted by atomic mass is 32.1. The van der Waals surface area contributed by atoms with Gasteiger partial charge in [-0.2, -0.15) is 0 Å². The van der Waals surface area contributed by atoms with E-state index in [9.17, 15) is 19.5 Å². The fourth-order valence-electron chi connectivity index (χ4n) is 4.73. The second-order valence-corrected chi connectivity index (χ2v) is 10.6. The molecule has 2 amide bonds. The van der Waals surface area contributed by atoms with Gasteiger partial charge in [-0.05, 0) is 78.6 Å². The van der Waals surface area contributed by atoms with Crippen LogP contribution in [0.1, 0.15) is 40.5 Å². The molecule has 0 aliphatic carbocycles. The molecule has 1 unspecified atom stereocenters. The molecule has 4 aromatic rings. The topological polar surface area (TPSA) is 144 Å². The Balaban J connectivity index is 1.42. The minimum absolute atomic E-state index is 0.0278. The molecule has 5 rings (SSSR count). The Bertz CT molecular complexity index is 1760. The third-order valence-corrected chi connectivity index (χ3v) is 7.52. The van der Waals surface area contributed by atoms with E-state index in [2.05, 4.69) is 15.6 Å². The molecule has 1 aromatic heterocycles. The minimum Gasteiger partial charge on any atom is -0.858 e. The molecule has 1 N–H and O–H groups in total. The summed E-state index contributed by atoms with van der Waals surface area (Å²) < 4.78 is 11.8. The Morgan fingerprint density at radius 3 is 2.42 bits per heavy atom. The Morgan fingerprint density at radius 2 is 1.76 bits per heavy atom. The maximum atomic E-state index is 13.9. The van der Waals surface area contributed by atoms with Gasteiger partial charge in [-0.15, -0.1) is 0 Å². The maximum absolute atomic E-state index is 13.9. The van der Waals surface area contributed by atoms with Gasteiger partial charge in [-0.3, -0.25) is 19.0 Å². The molecule has 13 heteroatoms. The average Bonchev–Trinajstić information content (AvgIpc) is 3.49. The van der Waals surface area contributed by atoms with Gasteiger partial charge in [0.25, 0.3) is 11.6 Å². The van der Waals surface area contributed by atoms with Crippen LogP contribution in [0, 0.1) is 6.92 Å². The summed E-state index contributed by atoms with van der Waals surface area (Å²) in [4.78, 5) is 46.2. The number of hydrogen-bond acceptors (Lipinski definition) is 9. The molecule has 1 fully saturated rings. The van der Waals surface area contributed by atoms with Crippen LogP contribution in [0.3, 0.4) is 0 Å². The van der Waals surface area contributed by atoms with Gasteiger partial charge in [0.2, 0.25) is 11.2 Å². The lowest BCUT2D eigenvalue weighted by Gasteiger charge is -2.22. The molecule has 0 bridgehead atoms. The number of benzene rings is 3. The van der Waals surface area contributed by atoms with E-state index >= 15 is 0 Å². The number of amides is 2. The van der Waals surface area contributed by atoms with Gasteiger partial charge >= 0.3 is 11.9 Å². The molecule has 12 nitrogen and oxygen atoms in total. The fourth-order valence-corrected chi connectivity index (χ4v) is 5.12. The summed E-state index contributed by atoms with van der Waals surface area (Å²) in [5, 5.41) is 19.7. The Morgan fingerprint density at radius 1 is 1.07 bits per heavy atom. The predicted molar refractivity (Wildman–Crippen MR) is 167 cm³/mol. The van der Waals surface area contributed by atoms with Crippen LogP contribution in [0.15, 0.2) is 88.4 Å².